The Morgan fingerprint density at radius 2 is 2.25 bits per heavy atom. The molecule has 1 fully saturated rings. The van der Waals surface area contributed by atoms with Crippen LogP contribution in [0.15, 0.2) is 0 Å². The molecule has 0 aromatic carbocycles. The van der Waals surface area contributed by atoms with Gasteiger partial charge in [-0.3, -0.25) is 4.90 Å². The second-order valence-electron chi connectivity index (χ2n) is 3.64. The zero-order chi connectivity index (χ0) is 9.14. The summed E-state index contributed by atoms with van der Waals surface area (Å²) in [5.74, 6) is 0. The van der Waals surface area contributed by atoms with E-state index in [2.05, 4.69) is 25.7 Å². The Labute approximate surface area is 74.9 Å². The number of nitrogens with zero attached hydrogens (tertiary/aromatic N) is 1. The molecule has 0 aromatic heterocycles. The van der Waals surface area contributed by atoms with E-state index in [1.807, 2.05) is 0 Å². The summed E-state index contributed by atoms with van der Waals surface area (Å²) in [6.07, 6.45) is 0.341. The van der Waals surface area contributed by atoms with Crippen molar-refractivity contribution in [1.29, 1.82) is 0 Å². The molecular formula is C9H20N2O. The topological polar surface area (TPSA) is 38.5 Å². The molecule has 1 aliphatic rings. The lowest BCUT2D eigenvalue weighted by atomic mass is 10.1. The molecular weight excluding hydrogens is 152 g/mol. The van der Waals surface area contributed by atoms with Crippen molar-refractivity contribution >= 4 is 0 Å². The lowest BCUT2D eigenvalue weighted by Gasteiger charge is -2.41. The Kier molecular flexibility index (Phi) is 3.50. The van der Waals surface area contributed by atoms with Crippen molar-refractivity contribution in [2.45, 2.75) is 39.0 Å². The molecule has 3 unspecified atom stereocenters. The predicted molar refractivity (Wildman–Crippen MR) is 50.1 cm³/mol. The fourth-order valence-corrected chi connectivity index (χ4v) is 1.71. The number of nitrogens with two attached hydrogens (primary N) is 1. The first-order valence-electron chi connectivity index (χ1n) is 4.74. The lowest BCUT2D eigenvalue weighted by molar-refractivity contribution is -0.0675. The Bertz CT molecular complexity index is 140. The van der Waals surface area contributed by atoms with Crippen LogP contribution >= 0.6 is 0 Å². The summed E-state index contributed by atoms with van der Waals surface area (Å²) in [6, 6.07) is 0.976. The average Bonchev–Trinajstić information content (AvgIpc) is 2.08. The van der Waals surface area contributed by atoms with Crippen LogP contribution in [0.25, 0.3) is 0 Å². The molecule has 0 aliphatic carbocycles. The average molecular weight is 172 g/mol. The summed E-state index contributed by atoms with van der Waals surface area (Å²) in [7, 11) is 0. The minimum Gasteiger partial charge on any atom is -0.376 e. The fourth-order valence-electron chi connectivity index (χ4n) is 1.71. The van der Waals surface area contributed by atoms with E-state index in [-0.39, 0.29) is 0 Å². The van der Waals surface area contributed by atoms with Crippen LogP contribution in [0.1, 0.15) is 20.8 Å². The van der Waals surface area contributed by atoms with Gasteiger partial charge in [0.1, 0.15) is 0 Å². The van der Waals surface area contributed by atoms with Gasteiger partial charge in [-0.15, -0.1) is 0 Å². The summed E-state index contributed by atoms with van der Waals surface area (Å²) in [4.78, 5) is 2.42. The smallest absolute Gasteiger partial charge is 0.0700 e. The summed E-state index contributed by atoms with van der Waals surface area (Å²) in [5.41, 5.74) is 5.63. The normalized spacial score (nSPS) is 35.0. The zero-order valence-electron chi connectivity index (χ0n) is 8.29. The van der Waals surface area contributed by atoms with E-state index in [9.17, 15) is 0 Å². The molecule has 72 valence electrons. The Balaban J connectivity index is 2.51. The maximum atomic E-state index is 5.63. The van der Waals surface area contributed by atoms with E-state index < -0.39 is 0 Å². The van der Waals surface area contributed by atoms with E-state index in [4.69, 9.17) is 10.5 Å². The molecule has 0 aromatic rings. The van der Waals surface area contributed by atoms with Gasteiger partial charge in [0.2, 0.25) is 0 Å². The third kappa shape index (κ3) is 1.97. The first-order chi connectivity index (χ1) is 5.66. The van der Waals surface area contributed by atoms with Gasteiger partial charge in [0.15, 0.2) is 0 Å². The van der Waals surface area contributed by atoms with Crippen LogP contribution in [-0.4, -0.2) is 42.8 Å². The zero-order valence-corrected chi connectivity index (χ0v) is 8.29. The van der Waals surface area contributed by atoms with Crippen LogP contribution in [0.2, 0.25) is 0 Å². The molecule has 3 atom stereocenters. The van der Waals surface area contributed by atoms with Gasteiger partial charge in [-0.1, -0.05) is 0 Å². The van der Waals surface area contributed by atoms with Crippen LogP contribution in [0.3, 0.4) is 0 Å². The molecule has 1 rings (SSSR count). The largest absolute Gasteiger partial charge is 0.376 e. The molecule has 2 N–H and O–H groups in total. The molecule has 12 heavy (non-hydrogen) atoms. The molecule has 3 nitrogen and oxygen atoms in total. The third-order valence-electron chi connectivity index (χ3n) is 2.84. The van der Waals surface area contributed by atoms with E-state index in [1.165, 1.54) is 0 Å². The highest BCUT2D eigenvalue weighted by molar-refractivity contribution is 4.81. The highest BCUT2D eigenvalue weighted by Crippen LogP contribution is 2.15. The highest BCUT2D eigenvalue weighted by Gasteiger charge is 2.27. The molecule has 0 amide bonds. The van der Waals surface area contributed by atoms with Gasteiger partial charge in [0.05, 0.1) is 12.7 Å². The van der Waals surface area contributed by atoms with Crippen molar-refractivity contribution < 1.29 is 4.74 Å². The van der Waals surface area contributed by atoms with E-state index >= 15 is 0 Å². The molecule has 1 aliphatic heterocycles. The van der Waals surface area contributed by atoms with Gasteiger partial charge in [-0.05, 0) is 20.8 Å². The molecule has 1 saturated heterocycles. The van der Waals surface area contributed by atoms with Crippen LogP contribution in [0.4, 0.5) is 0 Å². The summed E-state index contributed by atoms with van der Waals surface area (Å²) in [5, 5.41) is 0. The van der Waals surface area contributed by atoms with E-state index in [0.717, 1.165) is 19.7 Å². The number of morpholine rings is 1. The van der Waals surface area contributed by atoms with Crippen molar-refractivity contribution in [3.05, 3.63) is 0 Å². The minimum atomic E-state index is 0.341. The summed E-state index contributed by atoms with van der Waals surface area (Å²) in [6.45, 7) is 9.10. The van der Waals surface area contributed by atoms with Crippen LogP contribution in [0, 0.1) is 0 Å². The van der Waals surface area contributed by atoms with Gasteiger partial charge < -0.3 is 10.5 Å². The quantitative estimate of drug-likeness (QED) is 0.657. The SMILES string of the molecule is CC1OCCN(C(C)CN)C1C. The first-order valence-corrected chi connectivity index (χ1v) is 4.74. The molecule has 0 bridgehead atoms. The molecule has 0 spiro atoms. The molecule has 3 heteroatoms. The van der Waals surface area contributed by atoms with Gasteiger partial charge in [0, 0.05) is 25.2 Å². The van der Waals surface area contributed by atoms with Gasteiger partial charge >= 0.3 is 0 Å². The summed E-state index contributed by atoms with van der Waals surface area (Å²) >= 11 is 0. The lowest BCUT2D eigenvalue weighted by Crippen LogP contribution is -2.54. The van der Waals surface area contributed by atoms with Gasteiger partial charge in [0.25, 0.3) is 0 Å². The van der Waals surface area contributed by atoms with Gasteiger partial charge in [-0.25, -0.2) is 0 Å². The van der Waals surface area contributed by atoms with Crippen molar-refractivity contribution in [1.82, 2.24) is 4.90 Å². The van der Waals surface area contributed by atoms with Crippen LogP contribution < -0.4 is 5.73 Å². The van der Waals surface area contributed by atoms with Crippen molar-refractivity contribution in [2.24, 2.45) is 5.73 Å². The molecule has 1 heterocycles. The Morgan fingerprint density at radius 1 is 1.58 bits per heavy atom. The Morgan fingerprint density at radius 3 is 2.83 bits per heavy atom. The number of rotatable bonds is 2. The number of hydrogen-bond acceptors (Lipinski definition) is 3. The monoisotopic (exact) mass is 172 g/mol. The minimum absolute atomic E-state index is 0.341. The third-order valence-corrected chi connectivity index (χ3v) is 2.84. The van der Waals surface area contributed by atoms with Crippen molar-refractivity contribution in [3.8, 4) is 0 Å². The number of ether oxygens (including phenoxy) is 1. The summed E-state index contributed by atoms with van der Waals surface area (Å²) < 4.78 is 5.53. The maximum Gasteiger partial charge on any atom is 0.0700 e. The van der Waals surface area contributed by atoms with E-state index in [0.29, 0.717) is 18.2 Å². The van der Waals surface area contributed by atoms with Gasteiger partial charge in [-0.2, -0.15) is 0 Å². The highest BCUT2D eigenvalue weighted by atomic mass is 16.5. The first kappa shape index (κ1) is 9.96. The van der Waals surface area contributed by atoms with Crippen LogP contribution in [0.5, 0.6) is 0 Å². The number of hydrogen-bond donors (Lipinski definition) is 1. The second-order valence-corrected chi connectivity index (χ2v) is 3.64. The Hall–Kier alpha value is -0.120. The van der Waals surface area contributed by atoms with Crippen molar-refractivity contribution in [3.63, 3.8) is 0 Å². The standard InChI is InChI=1S/C9H20N2O/c1-7(6-10)11-4-5-12-9(3)8(11)2/h7-9H,4-6,10H2,1-3H3. The predicted octanol–water partition coefficient (Wildman–Crippen LogP) is 0.443. The molecule has 0 radical (unpaired) electrons. The van der Waals surface area contributed by atoms with E-state index in [1.54, 1.807) is 0 Å². The van der Waals surface area contributed by atoms with Crippen molar-refractivity contribution in [2.75, 3.05) is 19.7 Å². The van der Waals surface area contributed by atoms with Crippen LogP contribution in [-0.2, 0) is 4.74 Å². The fraction of sp³-hybridized carbons (Fsp3) is 1.00. The molecule has 0 saturated carbocycles. The maximum absolute atomic E-state index is 5.63. The second kappa shape index (κ2) is 4.21.